The predicted molar refractivity (Wildman–Crippen MR) is 106 cm³/mol. The first kappa shape index (κ1) is 23.5. The number of hydrogen-bond donors (Lipinski definition) is 4. The van der Waals surface area contributed by atoms with Crippen LogP contribution in [0.5, 0.6) is 0 Å². The third-order valence-electron chi connectivity index (χ3n) is 2.98. The number of guanidine groups is 1. The van der Waals surface area contributed by atoms with Crippen LogP contribution < -0.4 is 16.1 Å². The van der Waals surface area contributed by atoms with E-state index in [0.717, 1.165) is 0 Å². The van der Waals surface area contributed by atoms with Gasteiger partial charge in [-0.1, -0.05) is 24.3 Å². The van der Waals surface area contributed by atoms with E-state index in [1.807, 2.05) is 0 Å². The maximum absolute atomic E-state index is 12.0. The fraction of sp³-hybridized carbons (Fsp3) is 0.500. The summed E-state index contributed by atoms with van der Waals surface area (Å²) in [5, 5.41) is 23.6. The van der Waals surface area contributed by atoms with Crippen LogP contribution in [-0.4, -0.2) is 46.5 Å². The lowest BCUT2D eigenvalue weighted by Gasteiger charge is -2.22. The quantitative estimate of drug-likeness (QED) is 0.348. The minimum Gasteiger partial charge on any atom is -0.444 e. The van der Waals surface area contributed by atoms with Crippen LogP contribution in [0.3, 0.4) is 0 Å². The van der Waals surface area contributed by atoms with E-state index in [1.54, 1.807) is 59.7 Å². The molecule has 28 heavy (non-hydrogen) atoms. The highest BCUT2D eigenvalue weighted by Gasteiger charge is 2.21. The standard InChI is InChI=1S/C18H28BN3O6/c1-17(2,3)27-15(23)21-14(22-16(24)28-18(4,5)6)20-11-12-9-7-8-10-13(12)19(25)26/h7-10,25-26H,11H2,1-6H3,(H2,20,21,22,23,24). The van der Waals surface area contributed by atoms with E-state index in [9.17, 15) is 19.6 Å². The number of alkyl carbamates (subject to hydrolysis) is 2. The molecule has 0 saturated heterocycles. The van der Waals surface area contributed by atoms with Gasteiger partial charge in [0.25, 0.3) is 0 Å². The predicted octanol–water partition coefficient (Wildman–Crippen LogP) is 1.27. The van der Waals surface area contributed by atoms with E-state index in [-0.39, 0.29) is 18.0 Å². The topological polar surface area (TPSA) is 129 Å². The summed E-state index contributed by atoms with van der Waals surface area (Å²) in [6, 6.07) is 6.55. The fourth-order valence-electron chi connectivity index (χ4n) is 2.01. The van der Waals surface area contributed by atoms with Gasteiger partial charge in [0, 0.05) is 0 Å². The molecule has 0 heterocycles. The fourth-order valence-corrected chi connectivity index (χ4v) is 2.01. The average Bonchev–Trinajstić information content (AvgIpc) is 2.49. The lowest BCUT2D eigenvalue weighted by Crippen LogP contribution is -2.47. The van der Waals surface area contributed by atoms with E-state index in [1.165, 1.54) is 6.07 Å². The minimum atomic E-state index is -1.67. The van der Waals surface area contributed by atoms with Crippen molar-refractivity contribution in [3.05, 3.63) is 29.8 Å². The van der Waals surface area contributed by atoms with Crippen molar-refractivity contribution in [2.75, 3.05) is 0 Å². The highest BCUT2D eigenvalue weighted by molar-refractivity contribution is 6.59. The molecule has 9 nitrogen and oxygen atoms in total. The van der Waals surface area contributed by atoms with Gasteiger partial charge in [0.15, 0.2) is 0 Å². The average molecular weight is 393 g/mol. The van der Waals surface area contributed by atoms with Crippen LogP contribution in [0.4, 0.5) is 9.59 Å². The molecule has 4 N–H and O–H groups in total. The Bertz CT molecular complexity index is 691. The number of rotatable bonds is 3. The molecule has 1 rings (SSSR count). The molecule has 0 spiro atoms. The Morgan fingerprint density at radius 2 is 1.43 bits per heavy atom. The normalized spacial score (nSPS) is 11.3. The van der Waals surface area contributed by atoms with Crippen molar-refractivity contribution in [1.82, 2.24) is 10.6 Å². The van der Waals surface area contributed by atoms with Gasteiger partial charge in [-0.2, -0.15) is 0 Å². The minimum absolute atomic E-state index is 0.0330. The lowest BCUT2D eigenvalue weighted by molar-refractivity contribution is 0.0545. The summed E-state index contributed by atoms with van der Waals surface area (Å²) < 4.78 is 10.3. The Hall–Kier alpha value is -2.59. The van der Waals surface area contributed by atoms with E-state index >= 15 is 0 Å². The number of carbonyl (C=O) groups is 2. The summed E-state index contributed by atoms with van der Waals surface area (Å²) in [4.78, 5) is 28.2. The second-order valence-corrected chi connectivity index (χ2v) is 7.99. The van der Waals surface area contributed by atoms with Gasteiger partial charge in [0.05, 0.1) is 6.54 Å². The van der Waals surface area contributed by atoms with Crippen LogP contribution in [0.25, 0.3) is 0 Å². The molecule has 154 valence electrons. The van der Waals surface area contributed by atoms with E-state index in [2.05, 4.69) is 15.6 Å². The SMILES string of the molecule is CC(C)(C)OC(=O)NC(=NCc1ccccc1B(O)O)NC(=O)OC(C)(C)C. The maximum Gasteiger partial charge on any atom is 0.488 e. The molecule has 0 fully saturated rings. The van der Waals surface area contributed by atoms with Crippen molar-refractivity contribution in [2.45, 2.75) is 59.3 Å². The largest absolute Gasteiger partial charge is 0.488 e. The first-order valence-electron chi connectivity index (χ1n) is 8.75. The van der Waals surface area contributed by atoms with Crippen molar-refractivity contribution in [2.24, 2.45) is 4.99 Å². The van der Waals surface area contributed by atoms with Crippen molar-refractivity contribution in [1.29, 1.82) is 0 Å². The van der Waals surface area contributed by atoms with Crippen LogP contribution in [0.1, 0.15) is 47.1 Å². The lowest BCUT2D eigenvalue weighted by atomic mass is 9.77. The first-order valence-corrected chi connectivity index (χ1v) is 8.75. The summed E-state index contributed by atoms with van der Waals surface area (Å²) in [7, 11) is -1.67. The molecule has 0 aliphatic rings. The number of aliphatic imine (C=N–C) groups is 1. The second-order valence-electron chi connectivity index (χ2n) is 7.99. The van der Waals surface area contributed by atoms with Crippen molar-refractivity contribution >= 4 is 30.7 Å². The molecule has 0 aromatic heterocycles. The molecule has 0 bridgehead atoms. The summed E-state index contributed by atoms with van der Waals surface area (Å²) in [5.74, 6) is -0.189. The Balaban J connectivity index is 3.00. The van der Waals surface area contributed by atoms with Crippen LogP contribution in [-0.2, 0) is 16.0 Å². The van der Waals surface area contributed by atoms with Gasteiger partial charge in [-0.3, -0.25) is 10.6 Å². The Morgan fingerprint density at radius 3 is 1.86 bits per heavy atom. The van der Waals surface area contributed by atoms with Crippen LogP contribution >= 0.6 is 0 Å². The number of nitrogens with zero attached hydrogens (tertiary/aromatic N) is 1. The highest BCUT2D eigenvalue weighted by Crippen LogP contribution is 2.08. The molecule has 0 radical (unpaired) electrons. The maximum atomic E-state index is 12.0. The smallest absolute Gasteiger partial charge is 0.444 e. The monoisotopic (exact) mass is 393 g/mol. The van der Waals surface area contributed by atoms with E-state index in [0.29, 0.717) is 5.56 Å². The summed E-state index contributed by atoms with van der Waals surface area (Å²) >= 11 is 0. The van der Waals surface area contributed by atoms with Gasteiger partial charge in [0.2, 0.25) is 5.96 Å². The van der Waals surface area contributed by atoms with Gasteiger partial charge in [-0.15, -0.1) is 0 Å². The van der Waals surface area contributed by atoms with Gasteiger partial charge in [-0.25, -0.2) is 14.6 Å². The molecule has 1 aromatic carbocycles. The molecule has 0 aliphatic carbocycles. The third kappa shape index (κ3) is 9.38. The number of amides is 2. The van der Waals surface area contributed by atoms with Crippen molar-refractivity contribution in [3.63, 3.8) is 0 Å². The Kier molecular flexibility index (Phi) is 8.01. The van der Waals surface area contributed by atoms with Gasteiger partial charge in [0.1, 0.15) is 11.2 Å². The van der Waals surface area contributed by atoms with Crippen LogP contribution in [0.15, 0.2) is 29.3 Å². The molecule has 0 aliphatic heterocycles. The number of benzene rings is 1. The van der Waals surface area contributed by atoms with Gasteiger partial charge < -0.3 is 19.5 Å². The van der Waals surface area contributed by atoms with Crippen LogP contribution in [0, 0.1) is 0 Å². The number of hydrogen-bond acceptors (Lipinski definition) is 7. The molecule has 0 unspecified atom stereocenters. The summed E-state index contributed by atoms with van der Waals surface area (Å²) in [6.45, 7) is 10.2. The number of carbonyl (C=O) groups excluding carboxylic acids is 2. The molecule has 0 atom stereocenters. The molecule has 0 saturated carbocycles. The highest BCUT2D eigenvalue weighted by atomic mass is 16.6. The number of ether oxygens (including phenoxy) is 2. The first-order chi connectivity index (χ1) is 12.8. The van der Waals surface area contributed by atoms with E-state index in [4.69, 9.17) is 9.47 Å². The molecular formula is C18H28BN3O6. The Morgan fingerprint density at radius 1 is 0.964 bits per heavy atom. The molecule has 2 amide bonds. The van der Waals surface area contributed by atoms with Crippen LogP contribution in [0.2, 0.25) is 0 Å². The van der Waals surface area contributed by atoms with Gasteiger partial charge >= 0.3 is 19.3 Å². The number of nitrogens with one attached hydrogen (secondary N) is 2. The molecular weight excluding hydrogens is 365 g/mol. The zero-order valence-corrected chi connectivity index (χ0v) is 17.1. The third-order valence-corrected chi connectivity index (χ3v) is 2.98. The van der Waals surface area contributed by atoms with E-state index < -0.39 is 30.5 Å². The zero-order valence-electron chi connectivity index (χ0n) is 17.1. The second kappa shape index (κ2) is 9.56. The van der Waals surface area contributed by atoms with Gasteiger partial charge in [-0.05, 0) is 52.6 Å². The summed E-state index contributed by atoms with van der Waals surface area (Å²) in [6.07, 6.45) is -1.62. The molecule has 1 aromatic rings. The summed E-state index contributed by atoms with van der Waals surface area (Å²) in [5.41, 5.74) is -0.712. The van der Waals surface area contributed by atoms with Crippen molar-refractivity contribution in [3.8, 4) is 0 Å². The Labute approximate surface area is 165 Å². The zero-order chi connectivity index (χ0) is 21.5. The molecule has 10 heteroatoms. The van der Waals surface area contributed by atoms with Crippen molar-refractivity contribution < 1.29 is 29.1 Å².